The van der Waals surface area contributed by atoms with Crippen LogP contribution >= 0.6 is 22.7 Å². The molecule has 0 atom stereocenters. The third-order valence-corrected chi connectivity index (χ3v) is 11.9. The molecule has 0 unspecified atom stereocenters. The minimum atomic E-state index is -0.406. The lowest BCUT2D eigenvalue weighted by molar-refractivity contribution is 0.0975. The molecule has 0 spiro atoms. The molecule has 2 heterocycles. The van der Waals surface area contributed by atoms with Gasteiger partial charge in [-0.2, -0.15) is 0 Å². The number of carbonyl (C=O) groups is 4. The summed E-state index contributed by atoms with van der Waals surface area (Å²) in [5.41, 5.74) is 7.69. The van der Waals surface area contributed by atoms with Crippen LogP contribution in [0.4, 0.5) is 0 Å². The summed E-state index contributed by atoms with van der Waals surface area (Å²) in [6.07, 6.45) is 3.30. The fourth-order valence-electron chi connectivity index (χ4n) is 7.33. The number of hydrogen-bond acceptors (Lipinski definition) is 8. The van der Waals surface area contributed by atoms with Crippen LogP contribution in [-0.2, 0) is 10.8 Å². The Morgan fingerprint density at radius 1 is 0.522 bits per heavy atom. The quantitative estimate of drug-likeness (QED) is 0.143. The van der Waals surface area contributed by atoms with Crippen molar-refractivity contribution in [2.24, 2.45) is 0 Å². The first kappa shape index (κ1) is 27.4. The number of Topliss-reactive ketones (excluding diaryl/α,β-unsaturated/α-hetero) is 4. The van der Waals surface area contributed by atoms with E-state index in [2.05, 4.69) is 39.8 Å². The molecule has 6 nitrogen and oxygen atoms in total. The second-order valence-corrected chi connectivity index (χ2v) is 15.2. The Morgan fingerprint density at radius 2 is 0.848 bits per heavy atom. The standard InChI is InChI=1S/C38H24N2O4S2/c1-37(2)25-13-22-26(14-21(25)33-35(37)39-27(45-33)15-23-29(41)17-9-5-6-10-18(17)30(23)42)38(3,4)36-34(22)46-28(40-36)16-24-31(43)19-11-7-8-12-20(19)32(24)44/h5-16H,1-4H3. The van der Waals surface area contributed by atoms with Gasteiger partial charge in [-0.25, -0.2) is 9.97 Å². The zero-order valence-corrected chi connectivity index (χ0v) is 26.9. The van der Waals surface area contributed by atoms with Crippen molar-refractivity contribution in [1.29, 1.82) is 0 Å². The van der Waals surface area contributed by atoms with E-state index in [9.17, 15) is 19.2 Å². The fourth-order valence-corrected chi connectivity index (χ4v) is 9.73. The highest BCUT2D eigenvalue weighted by Gasteiger charge is 2.45. The summed E-state index contributed by atoms with van der Waals surface area (Å²) in [5, 5.41) is 1.29. The Kier molecular flexibility index (Phi) is 5.28. The summed E-state index contributed by atoms with van der Waals surface area (Å²) < 4.78 is 0. The molecule has 222 valence electrons. The van der Waals surface area contributed by atoms with Crippen LogP contribution in [0.2, 0.25) is 0 Å². The maximum atomic E-state index is 13.0. The third kappa shape index (κ3) is 3.40. The third-order valence-electron chi connectivity index (χ3n) is 9.81. The Morgan fingerprint density at radius 3 is 1.17 bits per heavy atom. The highest BCUT2D eigenvalue weighted by Crippen LogP contribution is 2.58. The monoisotopic (exact) mass is 636 g/mol. The molecule has 3 aromatic carbocycles. The minimum Gasteiger partial charge on any atom is -0.288 e. The second-order valence-electron chi connectivity index (χ2n) is 13.2. The Bertz CT molecular complexity index is 2160. The summed E-state index contributed by atoms with van der Waals surface area (Å²) in [5.74, 6) is -1.02. The maximum absolute atomic E-state index is 13.0. The van der Waals surface area contributed by atoms with E-state index in [0.29, 0.717) is 32.3 Å². The molecule has 0 aliphatic heterocycles. The second kappa shape index (κ2) is 8.87. The lowest BCUT2D eigenvalue weighted by Gasteiger charge is -2.23. The first-order chi connectivity index (χ1) is 22.0. The molecule has 0 amide bonds. The van der Waals surface area contributed by atoms with Gasteiger partial charge < -0.3 is 0 Å². The molecule has 46 heavy (non-hydrogen) atoms. The fraction of sp³-hybridized carbons (Fsp3) is 0.158. The molecule has 2 aromatic heterocycles. The van der Waals surface area contributed by atoms with Crippen LogP contribution in [0.1, 0.15) is 102 Å². The number of carbonyl (C=O) groups excluding carboxylic acids is 4. The largest absolute Gasteiger partial charge is 0.288 e. The van der Waals surface area contributed by atoms with Gasteiger partial charge in [-0.05, 0) is 46.5 Å². The number of rotatable bonds is 2. The van der Waals surface area contributed by atoms with Crippen LogP contribution in [0, 0.1) is 0 Å². The minimum absolute atomic E-state index is 0.160. The van der Waals surface area contributed by atoms with E-state index in [1.54, 1.807) is 60.7 Å². The van der Waals surface area contributed by atoms with Crippen molar-refractivity contribution in [3.63, 3.8) is 0 Å². The van der Waals surface area contributed by atoms with Gasteiger partial charge in [0.2, 0.25) is 0 Å². The summed E-state index contributed by atoms with van der Waals surface area (Å²) in [4.78, 5) is 64.2. The highest BCUT2D eigenvalue weighted by molar-refractivity contribution is 7.16. The van der Waals surface area contributed by atoms with Gasteiger partial charge in [0, 0.05) is 33.1 Å². The predicted molar refractivity (Wildman–Crippen MR) is 179 cm³/mol. The van der Waals surface area contributed by atoms with Gasteiger partial charge in [0.25, 0.3) is 0 Å². The normalized spacial score (nSPS) is 17.6. The molecule has 0 saturated heterocycles. The van der Waals surface area contributed by atoms with Gasteiger partial charge in [0.05, 0.1) is 32.3 Å². The zero-order valence-electron chi connectivity index (χ0n) is 25.3. The van der Waals surface area contributed by atoms with E-state index in [4.69, 9.17) is 9.97 Å². The summed E-state index contributed by atoms with van der Waals surface area (Å²) >= 11 is 3.01. The smallest absolute Gasteiger partial charge is 0.197 e. The molecule has 0 saturated carbocycles. The first-order valence-corrected chi connectivity index (χ1v) is 16.6. The number of fused-ring (bicyclic) bond motifs is 8. The van der Waals surface area contributed by atoms with Crippen molar-refractivity contribution < 1.29 is 19.2 Å². The van der Waals surface area contributed by atoms with Gasteiger partial charge in [-0.1, -0.05) is 76.2 Å². The van der Waals surface area contributed by atoms with Gasteiger partial charge >= 0.3 is 0 Å². The van der Waals surface area contributed by atoms with Crippen molar-refractivity contribution in [2.45, 2.75) is 38.5 Å². The summed E-state index contributed by atoms with van der Waals surface area (Å²) in [6.45, 7) is 8.61. The van der Waals surface area contributed by atoms with Crippen LogP contribution in [0.3, 0.4) is 0 Å². The molecule has 0 fully saturated rings. The Hall–Kier alpha value is -4.92. The van der Waals surface area contributed by atoms with Crippen LogP contribution in [0.25, 0.3) is 33.0 Å². The zero-order chi connectivity index (χ0) is 31.9. The molecule has 4 aliphatic rings. The van der Waals surface area contributed by atoms with Gasteiger partial charge in [-0.3, -0.25) is 19.2 Å². The van der Waals surface area contributed by atoms with Gasteiger partial charge in [0.15, 0.2) is 23.1 Å². The average Bonchev–Trinajstić information content (AvgIpc) is 3.84. The molecule has 4 aliphatic carbocycles. The number of aromatic nitrogens is 2. The molecule has 5 aromatic rings. The maximum Gasteiger partial charge on any atom is 0.197 e. The Labute approximate surface area is 272 Å². The number of benzene rings is 3. The van der Waals surface area contributed by atoms with Crippen LogP contribution in [0.15, 0.2) is 71.8 Å². The number of nitrogens with zero attached hydrogens (tertiary/aromatic N) is 2. The molecule has 8 heteroatoms. The topological polar surface area (TPSA) is 94.1 Å². The van der Waals surface area contributed by atoms with Crippen molar-refractivity contribution in [3.05, 3.63) is 127 Å². The number of hydrogen-bond donors (Lipinski definition) is 0. The van der Waals surface area contributed by atoms with Crippen molar-refractivity contribution in [1.82, 2.24) is 9.97 Å². The van der Waals surface area contributed by atoms with E-state index in [1.165, 1.54) is 22.7 Å². The molecular formula is C38H24N2O4S2. The number of thiazole rings is 2. The van der Waals surface area contributed by atoms with E-state index in [1.807, 2.05) is 0 Å². The van der Waals surface area contributed by atoms with Crippen molar-refractivity contribution >= 4 is 58.0 Å². The van der Waals surface area contributed by atoms with E-state index in [-0.39, 0.29) is 34.3 Å². The molecule has 9 rings (SSSR count). The van der Waals surface area contributed by atoms with Crippen molar-refractivity contribution in [3.8, 4) is 20.9 Å². The number of ketones is 4. The average molecular weight is 637 g/mol. The lowest BCUT2D eigenvalue weighted by Crippen LogP contribution is -2.18. The molecule has 0 bridgehead atoms. The van der Waals surface area contributed by atoms with E-state index >= 15 is 0 Å². The van der Waals surface area contributed by atoms with Crippen LogP contribution in [-0.4, -0.2) is 33.1 Å². The molecule has 0 N–H and O–H groups in total. The lowest BCUT2D eigenvalue weighted by atomic mass is 9.81. The van der Waals surface area contributed by atoms with E-state index in [0.717, 1.165) is 43.4 Å². The summed E-state index contributed by atoms with van der Waals surface area (Å²) in [6, 6.07) is 18.4. The number of allylic oxidation sites excluding steroid dienone is 2. The first-order valence-electron chi connectivity index (χ1n) is 15.0. The SMILES string of the molecule is CC1(C)c2cc3c(cc2-c2sc(C=C4C(=O)c5ccccc5C4=O)nc21)C(C)(C)c1nc(C=C2C(=O)c4ccccc4C2=O)sc1-3. The van der Waals surface area contributed by atoms with Crippen LogP contribution in [0.5, 0.6) is 0 Å². The highest BCUT2D eigenvalue weighted by atomic mass is 32.1. The predicted octanol–water partition coefficient (Wildman–Crippen LogP) is 8.14. The Balaban J connectivity index is 1.11. The van der Waals surface area contributed by atoms with Crippen molar-refractivity contribution in [2.75, 3.05) is 0 Å². The molecule has 0 radical (unpaired) electrons. The molecular weight excluding hydrogens is 613 g/mol. The van der Waals surface area contributed by atoms with Gasteiger partial charge in [-0.15, -0.1) is 22.7 Å². The van der Waals surface area contributed by atoms with Gasteiger partial charge in [0.1, 0.15) is 10.0 Å². The summed E-state index contributed by atoms with van der Waals surface area (Å²) in [7, 11) is 0. The van der Waals surface area contributed by atoms with E-state index < -0.39 is 10.8 Å². The van der Waals surface area contributed by atoms with Crippen LogP contribution < -0.4 is 0 Å².